The fourth-order valence-electron chi connectivity index (χ4n) is 1.19. The topological polar surface area (TPSA) is 66.3 Å². The third-order valence-corrected chi connectivity index (χ3v) is 2.00. The van der Waals surface area contributed by atoms with Gasteiger partial charge in [0.15, 0.2) is 5.69 Å². The van der Waals surface area contributed by atoms with Crippen molar-refractivity contribution in [2.45, 2.75) is 19.9 Å². The van der Waals surface area contributed by atoms with Gasteiger partial charge in [0, 0.05) is 12.2 Å². The second-order valence-electron chi connectivity index (χ2n) is 3.47. The van der Waals surface area contributed by atoms with E-state index in [9.17, 15) is 4.79 Å². The summed E-state index contributed by atoms with van der Waals surface area (Å²) in [7, 11) is 0. The maximum Gasteiger partial charge on any atom is 0.354 e. The highest BCUT2D eigenvalue weighted by Crippen LogP contribution is 2.10. The molecule has 0 amide bonds. The van der Waals surface area contributed by atoms with E-state index in [1.54, 1.807) is 4.90 Å². The number of anilines is 1. The van der Waals surface area contributed by atoms with Crippen molar-refractivity contribution in [1.82, 2.24) is 9.97 Å². The minimum Gasteiger partial charge on any atom is -0.477 e. The molecule has 0 fully saturated rings. The molecule has 0 unspecified atom stereocenters. The summed E-state index contributed by atoms with van der Waals surface area (Å²) < 4.78 is 0. The van der Waals surface area contributed by atoms with Crippen LogP contribution in [0.1, 0.15) is 24.3 Å². The lowest BCUT2D eigenvalue weighted by Crippen LogP contribution is -2.33. The van der Waals surface area contributed by atoms with Crippen molar-refractivity contribution in [1.29, 1.82) is 0 Å². The van der Waals surface area contributed by atoms with E-state index in [4.69, 9.17) is 11.5 Å². The predicted molar refractivity (Wildman–Crippen MR) is 60.3 cm³/mol. The van der Waals surface area contributed by atoms with Crippen molar-refractivity contribution in [3.8, 4) is 12.3 Å². The van der Waals surface area contributed by atoms with Crippen molar-refractivity contribution in [3.05, 3.63) is 18.0 Å². The molecule has 1 aromatic heterocycles. The van der Waals surface area contributed by atoms with Gasteiger partial charge < -0.3 is 10.0 Å². The predicted octanol–water partition coefficient (Wildman–Crippen LogP) is 1.02. The van der Waals surface area contributed by atoms with Gasteiger partial charge in [0.25, 0.3) is 0 Å². The molecule has 0 aromatic carbocycles. The summed E-state index contributed by atoms with van der Waals surface area (Å²) in [5.41, 5.74) is -0.0346. The van der Waals surface area contributed by atoms with E-state index in [2.05, 4.69) is 15.9 Å². The van der Waals surface area contributed by atoms with Gasteiger partial charge in [-0.1, -0.05) is 5.92 Å². The fraction of sp³-hybridized carbons (Fsp3) is 0.364. The first-order valence-electron chi connectivity index (χ1n) is 4.82. The molecule has 0 aliphatic heterocycles. The van der Waals surface area contributed by atoms with Gasteiger partial charge in [-0.15, -0.1) is 6.42 Å². The van der Waals surface area contributed by atoms with E-state index < -0.39 is 5.97 Å². The molecule has 0 saturated carbocycles. The molecule has 0 bridgehead atoms. The van der Waals surface area contributed by atoms with E-state index in [0.717, 1.165) is 0 Å². The number of nitrogens with zero attached hydrogens (tertiary/aromatic N) is 3. The summed E-state index contributed by atoms with van der Waals surface area (Å²) >= 11 is 0. The van der Waals surface area contributed by atoms with Crippen LogP contribution in [0.3, 0.4) is 0 Å². The Balaban J connectivity index is 3.06. The first kappa shape index (κ1) is 12.0. The van der Waals surface area contributed by atoms with Gasteiger partial charge in [-0.05, 0) is 19.9 Å². The lowest BCUT2D eigenvalue weighted by Gasteiger charge is -2.24. The molecule has 0 aliphatic rings. The molecule has 0 spiro atoms. The number of rotatable bonds is 4. The second kappa shape index (κ2) is 5.12. The molecule has 84 valence electrons. The smallest absolute Gasteiger partial charge is 0.354 e. The lowest BCUT2D eigenvalue weighted by atomic mass is 10.3. The van der Waals surface area contributed by atoms with Crippen LogP contribution < -0.4 is 4.90 Å². The highest BCUT2D eigenvalue weighted by molar-refractivity contribution is 5.85. The molecule has 1 aromatic rings. The van der Waals surface area contributed by atoms with Crippen molar-refractivity contribution >= 4 is 11.9 Å². The SMILES string of the molecule is C#CCN(c1nccc(C(=O)O)n1)C(C)C. The van der Waals surface area contributed by atoms with Crippen LogP contribution in [0.25, 0.3) is 0 Å². The summed E-state index contributed by atoms with van der Waals surface area (Å²) in [6.07, 6.45) is 6.65. The molecule has 1 rings (SSSR count). The van der Waals surface area contributed by atoms with Crippen molar-refractivity contribution in [2.24, 2.45) is 0 Å². The number of aromatic carboxylic acids is 1. The molecule has 5 heteroatoms. The van der Waals surface area contributed by atoms with Crippen LogP contribution in [0.2, 0.25) is 0 Å². The van der Waals surface area contributed by atoms with Crippen LogP contribution >= 0.6 is 0 Å². The Bertz CT molecular complexity index is 423. The second-order valence-corrected chi connectivity index (χ2v) is 3.47. The molecule has 5 nitrogen and oxygen atoms in total. The molecule has 0 aliphatic carbocycles. The summed E-state index contributed by atoms with van der Waals surface area (Å²) in [5, 5.41) is 8.81. The number of carboxylic acid groups (broad SMARTS) is 1. The van der Waals surface area contributed by atoms with E-state index in [1.165, 1.54) is 12.3 Å². The minimum absolute atomic E-state index is 0.0346. The maximum atomic E-state index is 10.8. The zero-order chi connectivity index (χ0) is 12.1. The molecule has 16 heavy (non-hydrogen) atoms. The summed E-state index contributed by atoms with van der Waals surface area (Å²) in [6.45, 7) is 4.23. The van der Waals surface area contributed by atoms with Crippen LogP contribution in [-0.2, 0) is 0 Å². The number of carboxylic acids is 1. The number of hydrogen-bond donors (Lipinski definition) is 1. The molecule has 0 saturated heterocycles. The van der Waals surface area contributed by atoms with E-state index >= 15 is 0 Å². The lowest BCUT2D eigenvalue weighted by molar-refractivity contribution is 0.0690. The Morgan fingerprint density at radius 2 is 2.38 bits per heavy atom. The number of carbonyl (C=O) groups is 1. The van der Waals surface area contributed by atoms with Crippen molar-refractivity contribution in [3.63, 3.8) is 0 Å². The zero-order valence-corrected chi connectivity index (χ0v) is 9.21. The Morgan fingerprint density at radius 3 is 2.88 bits per heavy atom. The summed E-state index contributed by atoms with van der Waals surface area (Å²) in [5.74, 6) is 1.76. The van der Waals surface area contributed by atoms with Crippen LogP contribution in [0, 0.1) is 12.3 Å². The van der Waals surface area contributed by atoms with Gasteiger partial charge in [0.05, 0.1) is 6.54 Å². The first-order valence-corrected chi connectivity index (χ1v) is 4.82. The Morgan fingerprint density at radius 1 is 1.69 bits per heavy atom. The molecular formula is C11H13N3O2. The highest BCUT2D eigenvalue weighted by atomic mass is 16.4. The average Bonchev–Trinajstić information content (AvgIpc) is 2.25. The van der Waals surface area contributed by atoms with Gasteiger partial charge in [-0.2, -0.15) is 0 Å². The van der Waals surface area contributed by atoms with E-state index in [1.807, 2.05) is 13.8 Å². The molecule has 1 heterocycles. The maximum absolute atomic E-state index is 10.8. The Hall–Kier alpha value is -2.09. The third-order valence-electron chi connectivity index (χ3n) is 2.00. The number of aromatic nitrogens is 2. The largest absolute Gasteiger partial charge is 0.477 e. The number of hydrogen-bond acceptors (Lipinski definition) is 4. The Labute approximate surface area is 94.1 Å². The van der Waals surface area contributed by atoms with E-state index in [0.29, 0.717) is 12.5 Å². The summed E-state index contributed by atoms with van der Waals surface area (Å²) in [6, 6.07) is 1.46. The highest BCUT2D eigenvalue weighted by Gasteiger charge is 2.14. The average molecular weight is 219 g/mol. The van der Waals surface area contributed by atoms with E-state index in [-0.39, 0.29) is 11.7 Å². The first-order chi connectivity index (χ1) is 7.56. The monoisotopic (exact) mass is 219 g/mol. The molecule has 0 radical (unpaired) electrons. The normalized spacial score (nSPS) is 9.88. The fourth-order valence-corrected chi connectivity index (χ4v) is 1.19. The number of terminal acetylenes is 1. The molecule has 0 atom stereocenters. The minimum atomic E-state index is -1.08. The van der Waals surface area contributed by atoms with Gasteiger partial charge >= 0.3 is 5.97 Å². The molecule has 1 N–H and O–H groups in total. The van der Waals surface area contributed by atoms with Crippen molar-refractivity contribution < 1.29 is 9.90 Å². The Kier molecular flexibility index (Phi) is 3.84. The third kappa shape index (κ3) is 2.70. The van der Waals surface area contributed by atoms with Crippen LogP contribution in [0.15, 0.2) is 12.3 Å². The van der Waals surface area contributed by atoms with Gasteiger partial charge in [0.1, 0.15) is 0 Å². The van der Waals surface area contributed by atoms with Gasteiger partial charge in [-0.3, -0.25) is 0 Å². The van der Waals surface area contributed by atoms with Crippen molar-refractivity contribution in [2.75, 3.05) is 11.4 Å². The standard InChI is InChI=1S/C11H13N3O2/c1-4-7-14(8(2)3)11-12-6-5-9(13-11)10(15)16/h1,5-6,8H,7H2,2-3H3,(H,15,16). The zero-order valence-electron chi connectivity index (χ0n) is 9.21. The van der Waals surface area contributed by atoms with Crippen LogP contribution in [0.4, 0.5) is 5.95 Å². The molecular weight excluding hydrogens is 206 g/mol. The van der Waals surface area contributed by atoms with Crippen LogP contribution in [0.5, 0.6) is 0 Å². The van der Waals surface area contributed by atoms with Gasteiger partial charge in [-0.25, -0.2) is 14.8 Å². The van der Waals surface area contributed by atoms with Gasteiger partial charge in [0.2, 0.25) is 5.95 Å². The van der Waals surface area contributed by atoms with Crippen LogP contribution in [-0.4, -0.2) is 33.6 Å². The summed E-state index contributed by atoms with van der Waals surface area (Å²) in [4.78, 5) is 20.5. The quantitative estimate of drug-likeness (QED) is 0.766.